The lowest BCUT2D eigenvalue weighted by Gasteiger charge is -2.20. The van der Waals surface area contributed by atoms with Crippen LogP contribution in [-0.4, -0.2) is 47.5 Å². The zero-order chi connectivity index (χ0) is 25.0. The molecule has 0 bridgehead atoms. The van der Waals surface area contributed by atoms with E-state index in [-0.39, 0.29) is 11.5 Å². The van der Waals surface area contributed by atoms with Crippen molar-refractivity contribution >= 4 is 32.3 Å². The molecule has 1 heterocycles. The minimum absolute atomic E-state index is 0.0840. The number of aliphatic hydroxyl groups is 2. The average Bonchev–Trinajstić information content (AvgIpc) is 3.12. The highest BCUT2D eigenvalue weighted by molar-refractivity contribution is 7.92. The lowest BCUT2D eigenvalue weighted by atomic mass is 9.91. The number of aliphatic hydroxyl groups excluding tert-OH is 2. The molecule has 1 aliphatic rings. The van der Waals surface area contributed by atoms with Crippen molar-refractivity contribution in [1.29, 1.82) is 0 Å². The van der Waals surface area contributed by atoms with Crippen molar-refractivity contribution in [3.05, 3.63) is 89.0 Å². The molecule has 2 atom stereocenters. The van der Waals surface area contributed by atoms with Crippen LogP contribution in [0.15, 0.2) is 77.9 Å². The summed E-state index contributed by atoms with van der Waals surface area (Å²) in [7, 11) is -3.49. The van der Waals surface area contributed by atoms with Crippen LogP contribution < -0.4 is 0 Å². The van der Waals surface area contributed by atoms with Crippen LogP contribution in [0.4, 0.5) is 0 Å². The summed E-state index contributed by atoms with van der Waals surface area (Å²) in [6.07, 6.45) is 3.35. The fourth-order valence-electron chi connectivity index (χ4n) is 5.05. The molecule has 6 heteroatoms. The van der Waals surface area contributed by atoms with E-state index >= 15 is 0 Å². The fourth-order valence-corrected chi connectivity index (χ4v) is 6.98. The molecule has 0 aliphatic carbocycles. The first-order valence-electron chi connectivity index (χ1n) is 12.0. The number of phenolic OH excluding ortho intramolecular Hbond substituents is 1. The highest BCUT2D eigenvalue weighted by atomic mass is 32.2. The van der Waals surface area contributed by atoms with Gasteiger partial charge in [-0.25, -0.2) is 8.42 Å². The van der Waals surface area contributed by atoms with Crippen molar-refractivity contribution in [2.45, 2.75) is 44.0 Å². The predicted molar refractivity (Wildman–Crippen MR) is 142 cm³/mol. The number of allylic oxidation sites excluding steroid dienone is 1. The van der Waals surface area contributed by atoms with Crippen molar-refractivity contribution in [2.75, 3.05) is 12.4 Å². The molecule has 0 fully saturated rings. The summed E-state index contributed by atoms with van der Waals surface area (Å²) < 4.78 is 25.2. The van der Waals surface area contributed by atoms with Gasteiger partial charge in [0.05, 0.1) is 18.5 Å². The Kier molecular flexibility index (Phi) is 7.75. The summed E-state index contributed by atoms with van der Waals surface area (Å²) in [5.41, 5.74) is 4.19. The molecule has 35 heavy (non-hydrogen) atoms. The molecule has 0 radical (unpaired) electrons. The fraction of sp³-hybridized carbons (Fsp3) is 0.310. The number of hydrogen-bond acceptors (Lipinski definition) is 5. The number of rotatable bonds is 9. The third-order valence-electron chi connectivity index (χ3n) is 6.74. The van der Waals surface area contributed by atoms with E-state index in [1.165, 1.54) is 0 Å². The number of aromatic hydroxyl groups is 1. The first kappa shape index (κ1) is 25.2. The van der Waals surface area contributed by atoms with Gasteiger partial charge in [-0.3, -0.25) is 0 Å². The Hall–Kier alpha value is -2.93. The van der Waals surface area contributed by atoms with Crippen LogP contribution in [-0.2, 0) is 9.84 Å². The second kappa shape index (κ2) is 10.8. The second-order valence-electron chi connectivity index (χ2n) is 9.10. The summed E-state index contributed by atoms with van der Waals surface area (Å²) in [6, 6.07) is 21.1. The molecule has 1 aliphatic heterocycles. The number of sulfone groups is 1. The maximum atomic E-state index is 12.6. The van der Waals surface area contributed by atoms with E-state index in [9.17, 15) is 23.7 Å². The van der Waals surface area contributed by atoms with E-state index in [0.29, 0.717) is 24.8 Å². The maximum Gasteiger partial charge on any atom is 0.163 e. The van der Waals surface area contributed by atoms with Gasteiger partial charge in [0.1, 0.15) is 11.0 Å². The van der Waals surface area contributed by atoms with Gasteiger partial charge in [0.2, 0.25) is 0 Å². The lowest BCUT2D eigenvalue weighted by Crippen LogP contribution is -2.29. The number of hydrogen-bond donors (Lipinski definition) is 3. The van der Waals surface area contributed by atoms with E-state index in [1.54, 1.807) is 6.07 Å². The van der Waals surface area contributed by atoms with Gasteiger partial charge < -0.3 is 15.3 Å². The van der Waals surface area contributed by atoms with Crippen LogP contribution in [0.25, 0.3) is 22.4 Å². The Morgan fingerprint density at radius 1 is 1.03 bits per heavy atom. The van der Waals surface area contributed by atoms with E-state index in [2.05, 4.69) is 6.08 Å². The van der Waals surface area contributed by atoms with Gasteiger partial charge in [-0.1, -0.05) is 85.7 Å². The van der Waals surface area contributed by atoms with Crippen LogP contribution in [0.5, 0.6) is 5.75 Å². The SMILES string of the molecule is CCCC1=C([C@H](O)CC/C(=C/c2ccc(O)c3ccccc23)c2ccccc2)[C@H](CO)S(=O)(=O)C1. The number of benzene rings is 3. The molecule has 184 valence electrons. The van der Waals surface area contributed by atoms with Crippen molar-refractivity contribution in [3.63, 3.8) is 0 Å². The molecule has 3 N–H and O–H groups in total. The summed E-state index contributed by atoms with van der Waals surface area (Å²) >= 11 is 0. The van der Waals surface area contributed by atoms with Crippen LogP contribution in [0.2, 0.25) is 0 Å². The molecule has 0 aromatic heterocycles. The molecular formula is C29H32O5S. The topological polar surface area (TPSA) is 94.8 Å². The van der Waals surface area contributed by atoms with Crippen LogP contribution in [0, 0.1) is 0 Å². The predicted octanol–water partition coefficient (Wildman–Crippen LogP) is 5.11. The van der Waals surface area contributed by atoms with Gasteiger partial charge in [-0.15, -0.1) is 0 Å². The number of fused-ring (bicyclic) bond motifs is 1. The normalized spacial score (nSPS) is 18.8. The van der Waals surface area contributed by atoms with Gasteiger partial charge in [0.25, 0.3) is 0 Å². The van der Waals surface area contributed by atoms with E-state index in [1.807, 2.05) is 67.6 Å². The molecule has 4 rings (SSSR count). The molecule has 0 spiro atoms. The van der Waals surface area contributed by atoms with Gasteiger partial charge in [-0.2, -0.15) is 0 Å². The summed E-state index contributed by atoms with van der Waals surface area (Å²) in [4.78, 5) is 0. The molecule has 3 aromatic rings. The van der Waals surface area contributed by atoms with Crippen molar-refractivity contribution in [3.8, 4) is 5.75 Å². The average molecular weight is 493 g/mol. The van der Waals surface area contributed by atoms with E-state index in [0.717, 1.165) is 39.5 Å². The summed E-state index contributed by atoms with van der Waals surface area (Å²) in [5, 5.41) is 31.9. The Morgan fingerprint density at radius 2 is 1.71 bits per heavy atom. The van der Waals surface area contributed by atoms with Crippen molar-refractivity contribution in [1.82, 2.24) is 0 Å². The Bertz CT molecular complexity index is 1360. The Morgan fingerprint density at radius 3 is 2.40 bits per heavy atom. The minimum Gasteiger partial charge on any atom is -0.507 e. The molecule has 5 nitrogen and oxygen atoms in total. The second-order valence-corrected chi connectivity index (χ2v) is 11.3. The van der Waals surface area contributed by atoms with Gasteiger partial charge in [-0.05, 0) is 53.0 Å². The quantitative estimate of drug-likeness (QED) is 0.285. The van der Waals surface area contributed by atoms with Gasteiger partial charge in [0.15, 0.2) is 9.84 Å². The van der Waals surface area contributed by atoms with Gasteiger partial charge >= 0.3 is 0 Å². The van der Waals surface area contributed by atoms with Crippen LogP contribution in [0.1, 0.15) is 43.7 Å². The summed E-state index contributed by atoms with van der Waals surface area (Å²) in [6.45, 7) is 1.47. The third kappa shape index (κ3) is 5.35. The van der Waals surface area contributed by atoms with Gasteiger partial charge in [0, 0.05) is 5.39 Å². The largest absolute Gasteiger partial charge is 0.507 e. The number of phenols is 1. The molecule has 3 aromatic carbocycles. The molecule has 0 unspecified atom stereocenters. The Balaban J connectivity index is 1.69. The standard InChI is InChI=1S/C29H32O5S/c1-2-8-23-19-35(33,34)28(18-30)29(23)27(32)16-13-21(20-9-4-3-5-10-20)17-22-14-15-26(31)25-12-7-6-11-24(22)25/h3-7,9-12,14-15,17,27-28,30-32H,2,8,13,16,18-19H2,1H3/b21-17-/t27-,28+/m1/s1. The van der Waals surface area contributed by atoms with E-state index < -0.39 is 27.8 Å². The molecule has 0 saturated heterocycles. The van der Waals surface area contributed by atoms with Crippen molar-refractivity contribution in [2.24, 2.45) is 0 Å². The zero-order valence-corrected chi connectivity index (χ0v) is 20.7. The lowest BCUT2D eigenvalue weighted by molar-refractivity contribution is 0.190. The first-order chi connectivity index (χ1) is 16.9. The molecular weight excluding hydrogens is 460 g/mol. The van der Waals surface area contributed by atoms with Crippen molar-refractivity contribution < 1.29 is 23.7 Å². The molecule has 0 saturated carbocycles. The Labute approximate surface area is 207 Å². The third-order valence-corrected chi connectivity index (χ3v) is 8.76. The maximum absolute atomic E-state index is 12.6. The monoisotopic (exact) mass is 492 g/mol. The van der Waals surface area contributed by atoms with Crippen LogP contribution in [0.3, 0.4) is 0 Å². The highest BCUT2D eigenvalue weighted by Crippen LogP contribution is 2.36. The smallest absolute Gasteiger partial charge is 0.163 e. The van der Waals surface area contributed by atoms with E-state index in [4.69, 9.17) is 0 Å². The minimum atomic E-state index is -3.49. The molecule has 0 amide bonds. The first-order valence-corrected chi connectivity index (χ1v) is 13.8. The highest BCUT2D eigenvalue weighted by Gasteiger charge is 2.40. The van der Waals surface area contributed by atoms with Crippen LogP contribution >= 0.6 is 0 Å². The summed E-state index contributed by atoms with van der Waals surface area (Å²) in [5.74, 6) is 0.140. The zero-order valence-electron chi connectivity index (χ0n) is 19.9.